The Labute approximate surface area is 94.1 Å². The zero-order valence-corrected chi connectivity index (χ0v) is 9.27. The number of rotatable bonds is 2. The van der Waals surface area contributed by atoms with Crippen molar-refractivity contribution in [3.63, 3.8) is 0 Å². The molecule has 0 aliphatic heterocycles. The average Bonchev–Trinajstić information content (AvgIpc) is 2.30. The number of methoxy groups -OCH3 is 1. The van der Waals surface area contributed by atoms with E-state index in [0.717, 1.165) is 22.4 Å². The van der Waals surface area contributed by atoms with Crippen molar-refractivity contribution < 1.29 is 4.74 Å². The van der Waals surface area contributed by atoms with Crippen LogP contribution in [0.4, 0.5) is 5.82 Å². The van der Waals surface area contributed by atoms with E-state index in [2.05, 4.69) is 10.2 Å². The van der Waals surface area contributed by atoms with Gasteiger partial charge < -0.3 is 10.5 Å². The Kier molecular flexibility index (Phi) is 2.72. The van der Waals surface area contributed by atoms with E-state index < -0.39 is 0 Å². The standard InChI is InChI=1S/C12H13N3O/c1-8-7-9(16-2)3-4-10(8)11-5-6-14-15-12(11)13/h3-7H,1-2H3,(H2,13,15). The van der Waals surface area contributed by atoms with Gasteiger partial charge >= 0.3 is 0 Å². The summed E-state index contributed by atoms with van der Waals surface area (Å²) in [5.41, 5.74) is 8.83. The van der Waals surface area contributed by atoms with Crippen molar-refractivity contribution in [1.82, 2.24) is 10.2 Å². The molecule has 0 spiro atoms. The van der Waals surface area contributed by atoms with E-state index in [4.69, 9.17) is 10.5 Å². The van der Waals surface area contributed by atoms with Crippen LogP contribution in [-0.4, -0.2) is 17.3 Å². The molecular formula is C12H13N3O. The third-order valence-corrected chi connectivity index (χ3v) is 2.47. The van der Waals surface area contributed by atoms with E-state index in [1.54, 1.807) is 13.3 Å². The molecule has 82 valence electrons. The number of nitrogens with two attached hydrogens (primary N) is 1. The van der Waals surface area contributed by atoms with E-state index in [1.807, 2.05) is 31.2 Å². The molecule has 0 fully saturated rings. The van der Waals surface area contributed by atoms with Gasteiger partial charge in [-0.25, -0.2) is 0 Å². The second-order valence-corrected chi connectivity index (χ2v) is 3.51. The van der Waals surface area contributed by atoms with Crippen molar-refractivity contribution in [3.8, 4) is 16.9 Å². The summed E-state index contributed by atoms with van der Waals surface area (Å²) in [6.07, 6.45) is 1.63. The molecule has 4 nitrogen and oxygen atoms in total. The van der Waals surface area contributed by atoms with Crippen LogP contribution in [0.25, 0.3) is 11.1 Å². The van der Waals surface area contributed by atoms with Crippen molar-refractivity contribution in [2.75, 3.05) is 12.8 Å². The first-order valence-electron chi connectivity index (χ1n) is 4.94. The van der Waals surface area contributed by atoms with Gasteiger partial charge in [-0.2, -0.15) is 5.10 Å². The molecule has 2 N–H and O–H groups in total. The maximum atomic E-state index is 5.79. The van der Waals surface area contributed by atoms with Crippen LogP contribution >= 0.6 is 0 Å². The molecule has 1 aromatic carbocycles. The van der Waals surface area contributed by atoms with Crippen LogP contribution in [0.3, 0.4) is 0 Å². The Balaban J connectivity index is 2.53. The van der Waals surface area contributed by atoms with Gasteiger partial charge in [0, 0.05) is 5.56 Å². The first kappa shape index (κ1) is 10.4. The molecule has 16 heavy (non-hydrogen) atoms. The quantitative estimate of drug-likeness (QED) is 0.832. The monoisotopic (exact) mass is 215 g/mol. The van der Waals surface area contributed by atoms with Crippen molar-refractivity contribution in [3.05, 3.63) is 36.0 Å². The van der Waals surface area contributed by atoms with Gasteiger partial charge in [0.25, 0.3) is 0 Å². The first-order valence-corrected chi connectivity index (χ1v) is 4.94. The van der Waals surface area contributed by atoms with E-state index in [-0.39, 0.29) is 0 Å². The molecule has 0 atom stereocenters. The van der Waals surface area contributed by atoms with Gasteiger partial charge in [-0.15, -0.1) is 5.10 Å². The lowest BCUT2D eigenvalue weighted by molar-refractivity contribution is 0.414. The molecule has 2 rings (SSSR count). The summed E-state index contributed by atoms with van der Waals surface area (Å²) in [4.78, 5) is 0. The molecule has 1 heterocycles. The largest absolute Gasteiger partial charge is 0.497 e. The van der Waals surface area contributed by atoms with Crippen molar-refractivity contribution in [1.29, 1.82) is 0 Å². The minimum absolute atomic E-state index is 0.441. The number of hydrogen-bond acceptors (Lipinski definition) is 4. The van der Waals surface area contributed by atoms with Crippen LogP contribution < -0.4 is 10.5 Å². The minimum atomic E-state index is 0.441. The normalized spacial score (nSPS) is 10.1. The fourth-order valence-electron chi connectivity index (χ4n) is 1.64. The van der Waals surface area contributed by atoms with Gasteiger partial charge in [0.1, 0.15) is 5.75 Å². The van der Waals surface area contributed by atoms with E-state index >= 15 is 0 Å². The van der Waals surface area contributed by atoms with Gasteiger partial charge in [-0.1, -0.05) is 6.07 Å². The van der Waals surface area contributed by atoms with Gasteiger partial charge in [-0.3, -0.25) is 0 Å². The van der Waals surface area contributed by atoms with E-state index in [9.17, 15) is 0 Å². The summed E-state index contributed by atoms with van der Waals surface area (Å²) < 4.78 is 5.16. The maximum absolute atomic E-state index is 5.79. The van der Waals surface area contributed by atoms with Gasteiger partial charge in [0.15, 0.2) is 5.82 Å². The average molecular weight is 215 g/mol. The molecule has 0 bridgehead atoms. The van der Waals surface area contributed by atoms with Gasteiger partial charge in [0.2, 0.25) is 0 Å². The lowest BCUT2D eigenvalue weighted by Gasteiger charge is -2.09. The summed E-state index contributed by atoms with van der Waals surface area (Å²) in [6.45, 7) is 2.01. The Morgan fingerprint density at radius 1 is 1.19 bits per heavy atom. The summed E-state index contributed by atoms with van der Waals surface area (Å²) in [6, 6.07) is 7.70. The lowest BCUT2D eigenvalue weighted by atomic mass is 10.0. The molecule has 0 aliphatic rings. The first-order chi connectivity index (χ1) is 7.72. The Morgan fingerprint density at radius 2 is 2.00 bits per heavy atom. The molecule has 2 aromatic rings. The van der Waals surface area contributed by atoms with E-state index in [1.165, 1.54) is 0 Å². The Hall–Kier alpha value is -2.10. The van der Waals surface area contributed by atoms with Gasteiger partial charge in [-0.05, 0) is 36.2 Å². The molecule has 4 heteroatoms. The molecular weight excluding hydrogens is 202 g/mol. The highest BCUT2D eigenvalue weighted by atomic mass is 16.5. The van der Waals surface area contributed by atoms with Crippen LogP contribution in [0.15, 0.2) is 30.5 Å². The highest BCUT2D eigenvalue weighted by Gasteiger charge is 2.07. The summed E-state index contributed by atoms with van der Waals surface area (Å²) in [7, 11) is 1.65. The second-order valence-electron chi connectivity index (χ2n) is 3.51. The smallest absolute Gasteiger partial charge is 0.153 e. The molecule has 0 saturated carbocycles. The highest BCUT2D eigenvalue weighted by molar-refractivity contribution is 5.76. The lowest BCUT2D eigenvalue weighted by Crippen LogP contribution is -1.97. The number of nitrogen functional groups attached to an aromatic ring is 1. The van der Waals surface area contributed by atoms with Crippen LogP contribution in [0, 0.1) is 6.92 Å². The number of benzene rings is 1. The number of aromatic nitrogens is 2. The second kappa shape index (κ2) is 4.18. The number of nitrogens with zero attached hydrogens (tertiary/aromatic N) is 2. The summed E-state index contributed by atoms with van der Waals surface area (Å²) >= 11 is 0. The maximum Gasteiger partial charge on any atom is 0.153 e. The topological polar surface area (TPSA) is 61.0 Å². The molecule has 0 unspecified atom stereocenters. The van der Waals surface area contributed by atoms with Crippen LogP contribution in [0.2, 0.25) is 0 Å². The minimum Gasteiger partial charge on any atom is -0.497 e. The fourth-order valence-corrected chi connectivity index (χ4v) is 1.64. The molecule has 0 radical (unpaired) electrons. The Morgan fingerprint density at radius 3 is 2.62 bits per heavy atom. The van der Waals surface area contributed by atoms with Crippen molar-refractivity contribution in [2.45, 2.75) is 6.92 Å². The van der Waals surface area contributed by atoms with Gasteiger partial charge in [0.05, 0.1) is 13.3 Å². The molecule has 0 saturated heterocycles. The Bertz CT molecular complexity index is 511. The van der Waals surface area contributed by atoms with E-state index in [0.29, 0.717) is 5.82 Å². The van der Waals surface area contributed by atoms with Crippen LogP contribution in [0.5, 0.6) is 5.75 Å². The van der Waals surface area contributed by atoms with Crippen LogP contribution in [-0.2, 0) is 0 Å². The number of anilines is 1. The number of ether oxygens (including phenoxy) is 1. The number of aryl methyl sites for hydroxylation is 1. The predicted molar refractivity (Wildman–Crippen MR) is 63.2 cm³/mol. The molecule has 0 amide bonds. The zero-order chi connectivity index (χ0) is 11.5. The zero-order valence-electron chi connectivity index (χ0n) is 9.27. The summed E-state index contributed by atoms with van der Waals surface area (Å²) in [5.74, 6) is 1.28. The molecule has 0 aliphatic carbocycles. The number of hydrogen-bond donors (Lipinski definition) is 1. The predicted octanol–water partition coefficient (Wildman–Crippen LogP) is 2.04. The van der Waals surface area contributed by atoms with Crippen molar-refractivity contribution in [2.24, 2.45) is 0 Å². The summed E-state index contributed by atoms with van der Waals surface area (Å²) in [5, 5.41) is 7.57. The third-order valence-electron chi connectivity index (χ3n) is 2.47. The molecule has 1 aromatic heterocycles. The highest BCUT2D eigenvalue weighted by Crippen LogP contribution is 2.29. The SMILES string of the molecule is COc1ccc(-c2ccnnc2N)c(C)c1. The van der Waals surface area contributed by atoms with Crippen LogP contribution in [0.1, 0.15) is 5.56 Å². The van der Waals surface area contributed by atoms with Crippen molar-refractivity contribution >= 4 is 5.82 Å². The third kappa shape index (κ3) is 1.82. The fraction of sp³-hybridized carbons (Fsp3) is 0.167.